The molecule has 6 aromatic carbocycles. The van der Waals surface area contributed by atoms with E-state index in [0.717, 1.165) is 33.4 Å². The quantitative estimate of drug-likeness (QED) is 0.173. The van der Waals surface area contributed by atoms with E-state index < -0.39 is 0 Å². The number of aromatic nitrogens is 3. The summed E-state index contributed by atoms with van der Waals surface area (Å²) in [4.78, 5) is 14.2. The zero-order chi connectivity index (χ0) is 31.5. The van der Waals surface area contributed by atoms with E-state index in [9.17, 15) is 0 Å². The first-order valence-electron chi connectivity index (χ1n) is 15.5. The molecule has 0 unspecified atom stereocenters. The fraction of sp³-hybridized carbons (Fsp3) is 0.0465. The van der Waals surface area contributed by atoms with E-state index in [1.807, 2.05) is 43.3 Å². The smallest absolute Gasteiger partial charge is 0.163 e. The SMILES string of the molecule is C=C/C(=C\C)c1cc(-c2cccc(-c3nc(C)nc(-c4ccccc4)n3)c2)cc2cc(-c3cccc(-c4ccccc4)c3)ccc12. The third-order valence-corrected chi connectivity index (χ3v) is 8.33. The van der Waals surface area contributed by atoms with Gasteiger partial charge in [-0.25, -0.2) is 15.0 Å². The van der Waals surface area contributed by atoms with Crippen molar-refractivity contribution in [2.45, 2.75) is 13.8 Å². The molecule has 0 saturated heterocycles. The fourth-order valence-electron chi connectivity index (χ4n) is 6.01. The zero-order valence-electron chi connectivity index (χ0n) is 26.0. The van der Waals surface area contributed by atoms with Crippen LogP contribution in [0.15, 0.2) is 158 Å². The first-order chi connectivity index (χ1) is 22.6. The predicted molar refractivity (Wildman–Crippen MR) is 193 cm³/mol. The van der Waals surface area contributed by atoms with Gasteiger partial charge in [0.05, 0.1) is 0 Å². The highest BCUT2D eigenvalue weighted by molar-refractivity contribution is 6.01. The van der Waals surface area contributed by atoms with Crippen LogP contribution in [-0.4, -0.2) is 15.0 Å². The van der Waals surface area contributed by atoms with Crippen LogP contribution in [0.4, 0.5) is 0 Å². The van der Waals surface area contributed by atoms with Crippen LogP contribution in [-0.2, 0) is 0 Å². The first kappa shape index (κ1) is 28.8. The Morgan fingerprint density at radius 1 is 0.500 bits per heavy atom. The standard InChI is InChI=1S/C43H33N3/c1-4-30(5-2)41-28-38(35-20-13-21-37(25-35)43-45-29(3)44-42(46-43)32-16-10-7-11-17-32)27-39-26-36(22-23-40(39)41)34-19-12-18-33(24-34)31-14-8-6-9-15-31/h4-28H,1H2,2-3H3/b30-5+. The van der Waals surface area contributed by atoms with Crippen LogP contribution in [0.5, 0.6) is 0 Å². The molecule has 3 heteroatoms. The van der Waals surface area contributed by atoms with Crippen molar-refractivity contribution < 1.29 is 0 Å². The lowest BCUT2D eigenvalue weighted by molar-refractivity contribution is 0.992. The van der Waals surface area contributed by atoms with Crippen molar-refractivity contribution in [1.29, 1.82) is 0 Å². The normalized spacial score (nSPS) is 11.5. The third-order valence-electron chi connectivity index (χ3n) is 8.33. The van der Waals surface area contributed by atoms with E-state index in [-0.39, 0.29) is 0 Å². The van der Waals surface area contributed by atoms with Gasteiger partial charge in [0, 0.05) is 11.1 Å². The van der Waals surface area contributed by atoms with Crippen LogP contribution in [0.2, 0.25) is 0 Å². The Balaban J connectivity index is 1.34. The number of allylic oxidation sites excluding steroid dienone is 3. The molecule has 0 fully saturated rings. The molecule has 0 aliphatic heterocycles. The fourth-order valence-corrected chi connectivity index (χ4v) is 6.01. The lowest BCUT2D eigenvalue weighted by atomic mass is 9.90. The van der Waals surface area contributed by atoms with Crippen molar-refractivity contribution in [3.05, 3.63) is 170 Å². The molecule has 0 atom stereocenters. The van der Waals surface area contributed by atoms with E-state index in [0.29, 0.717) is 17.5 Å². The lowest BCUT2D eigenvalue weighted by Gasteiger charge is -2.14. The Labute approximate surface area is 270 Å². The molecule has 7 aromatic rings. The van der Waals surface area contributed by atoms with Crippen molar-refractivity contribution in [3.63, 3.8) is 0 Å². The Bertz CT molecular complexity index is 2230. The summed E-state index contributed by atoms with van der Waals surface area (Å²) in [7, 11) is 0. The van der Waals surface area contributed by atoms with E-state index in [4.69, 9.17) is 9.97 Å². The Morgan fingerprint density at radius 3 is 1.70 bits per heavy atom. The van der Waals surface area contributed by atoms with Gasteiger partial charge in [0.25, 0.3) is 0 Å². The van der Waals surface area contributed by atoms with Crippen molar-refractivity contribution in [2.75, 3.05) is 0 Å². The average Bonchev–Trinajstić information content (AvgIpc) is 3.12. The van der Waals surface area contributed by atoms with Crippen LogP contribution < -0.4 is 0 Å². The van der Waals surface area contributed by atoms with Gasteiger partial charge in [-0.3, -0.25) is 0 Å². The number of benzene rings is 6. The van der Waals surface area contributed by atoms with Crippen molar-refractivity contribution >= 4 is 16.3 Å². The maximum absolute atomic E-state index is 4.86. The second kappa shape index (κ2) is 12.6. The largest absolute Gasteiger partial charge is 0.213 e. The summed E-state index contributed by atoms with van der Waals surface area (Å²) < 4.78 is 0. The van der Waals surface area contributed by atoms with Crippen LogP contribution in [0.1, 0.15) is 18.3 Å². The van der Waals surface area contributed by atoms with E-state index in [1.54, 1.807) is 0 Å². The molecule has 0 radical (unpaired) electrons. The van der Waals surface area contributed by atoms with Gasteiger partial charge in [-0.05, 0) is 99.5 Å². The van der Waals surface area contributed by atoms with Gasteiger partial charge in [-0.2, -0.15) is 0 Å². The molecule has 0 aliphatic rings. The molecule has 0 bridgehead atoms. The van der Waals surface area contributed by atoms with Gasteiger partial charge >= 0.3 is 0 Å². The highest BCUT2D eigenvalue weighted by Crippen LogP contribution is 2.36. The average molecular weight is 592 g/mol. The number of fused-ring (bicyclic) bond motifs is 1. The zero-order valence-corrected chi connectivity index (χ0v) is 26.0. The molecular weight excluding hydrogens is 558 g/mol. The minimum atomic E-state index is 0.662. The summed E-state index contributed by atoms with van der Waals surface area (Å²) in [5.41, 5.74) is 11.2. The lowest BCUT2D eigenvalue weighted by Crippen LogP contribution is -1.99. The molecule has 1 heterocycles. The molecule has 0 aliphatic carbocycles. The predicted octanol–water partition coefficient (Wildman–Crippen LogP) is 11.3. The van der Waals surface area contributed by atoms with E-state index >= 15 is 0 Å². The number of hydrogen-bond donors (Lipinski definition) is 0. The molecule has 7 rings (SSSR count). The van der Waals surface area contributed by atoms with Crippen molar-refractivity contribution in [2.24, 2.45) is 0 Å². The number of nitrogens with zero attached hydrogens (tertiary/aromatic N) is 3. The summed E-state index contributed by atoms with van der Waals surface area (Å²) in [5.74, 6) is 2.03. The Morgan fingerprint density at radius 2 is 1.02 bits per heavy atom. The van der Waals surface area contributed by atoms with Gasteiger partial charge in [0.1, 0.15) is 5.82 Å². The van der Waals surface area contributed by atoms with Gasteiger partial charge < -0.3 is 0 Å². The minimum absolute atomic E-state index is 0.662. The number of hydrogen-bond acceptors (Lipinski definition) is 3. The maximum Gasteiger partial charge on any atom is 0.163 e. The van der Waals surface area contributed by atoms with Crippen LogP contribution in [0.3, 0.4) is 0 Å². The van der Waals surface area contributed by atoms with Gasteiger partial charge in [-0.15, -0.1) is 0 Å². The summed E-state index contributed by atoms with van der Waals surface area (Å²) in [5, 5.41) is 2.36. The van der Waals surface area contributed by atoms with Crippen LogP contribution in [0, 0.1) is 6.92 Å². The summed E-state index contributed by atoms with van der Waals surface area (Å²) in [6, 6.07) is 49.1. The topological polar surface area (TPSA) is 38.7 Å². The summed E-state index contributed by atoms with van der Waals surface area (Å²) in [6.45, 7) is 8.10. The molecule has 0 N–H and O–H groups in total. The van der Waals surface area contributed by atoms with Gasteiger partial charge in [0.2, 0.25) is 0 Å². The first-order valence-corrected chi connectivity index (χ1v) is 15.5. The van der Waals surface area contributed by atoms with Gasteiger partial charge in [-0.1, -0.05) is 128 Å². The molecule has 0 saturated carbocycles. The molecular formula is C43H33N3. The third kappa shape index (κ3) is 5.79. The molecule has 0 spiro atoms. The number of aryl methyl sites for hydroxylation is 1. The summed E-state index contributed by atoms with van der Waals surface area (Å²) >= 11 is 0. The molecule has 3 nitrogen and oxygen atoms in total. The Hall–Kier alpha value is -5.93. The molecule has 220 valence electrons. The van der Waals surface area contributed by atoms with Crippen LogP contribution >= 0.6 is 0 Å². The minimum Gasteiger partial charge on any atom is -0.213 e. The highest BCUT2D eigenvalue weighted by atomic mass is 15.0. The second-order valence-corrected chi connectivity index (χ2v) is 11.3. The monoisotopic (exact) mass is 591 g/mol. The maximum atomic E-state index is 4.86. The Kier molecular flexibility index (Phi) is 7.89. The van der Waals surface area contributed by atoms with Crippen molar-refractivity contribution in [1.82, 2.24) is 15.0 Å². The second-order valence-electron chi connectivity index (χ2n) is 11.3. The van der Waals surface area contributed by atoms with E-state index in [1.165, 1.54) is 33.0 Å². The number of rotatable bonds is 7. The molecule has 1 aromatic heterocycles. The highest BCUT2D eigenvalue weighted by Gasteiger charge is 2.13. The van der Waals surface area contributed by atoms with Crippen molar-refractivity contribution in [3.8, 4) is 56.2 Å². The summed E-state index contributed by atoms with van der Waals surface area (Å²) in [6.07, 6.45) is 4.06. The van der Waals surface area contributed by atoms with Gasteiger partial charge in [0.15, 0.2) is 11.6 Å². The van der Waals surface area contributed by atoms with E-state index in [2.05, 4.69) is 134 Å². The molecule has 46 heavy (non-hydrogen) atoms. The molecule has 0 amide bonds. The van der Waals surface area contributed by atoms with Crippen LogP contribution in [0.25, 0.3) is 72.5 Å².